The molecule has 0 unspecified atom stereocenters. The highest BCUT2D eigenvalue weighted by atomic mass is 32.1. The molecule has 3 aromatic rings. The number of anilines is 2. The third-order valence-corrected chi connectivity index (χ3v) is 7.28. The molecule has 2 aromatic heterocycles. The Bertz CT molecular complexity index is 1210. The van der Waals surface area contributed by atoms with Gasteiger partial charge >= 0.3 is 0 Å². The lowest BCUT2D eigenvalue weighted by molar-refractivity contribution is -0.119. The van der Waals surface area contributed by atoms with Crippen molar-refractivity contribution in [2.24, 2.45) is 0 Å². The van der Waals surface area contributed by atoms with Gasteiger partial charge in [0.25, 0.3) is 0 Å². The molecule has 1 aliphatic heterocycles. The van der Waals surface area contributed by atoms with Gasteiger partial charge in [0.2, 0.25) is 5.91 Å². The Hall–Kier alpha value is -3.23. The number of rotatable bonds is 7. The fourth-order valence-corrected chi connectivity index (χ4v) is 5.71. The lowest BCUT2D eigenvalue weighted by atomic mass is 10.00. The maximum atomic E-state index is 12.0. The summed E-state index contributed by atoms with van der Waals surface area (Å²) in [5.41, 5.74) is 4.89. The number of amides is 1. The zero-order valence-electron chi connectivity index (χ0n) is 20.1. The maximum absolute atomic E-state index is 12.0. The number of aryl methyl sites for hydroxylation is 1. The molecule has 35 heavy (non-hydrogen) atoms. The van der Waals surface area contributed by atoms with Crippen LogP contribution >= 0.6 is 12.2 Å². The highest BCUT2D eigenvalue weighted by Crippen LogP contribution is 2.44. The van der Waals surface area contributed by atoms with Gasteiger partial charge in [-0.05, 0) is 80.0 Å². The summed E-state index contributed by atoms with van der Waals surface area (Å²) < 4.78 is 7.39. The van der Waals surface area contributed by atoms with Gasteiger partial charge in [0.05, 0.1) is 11.7 Å². The van der Waals surface area contributed by atoms with Crippen LogP contribution in [-0.4, -0.2) is 34.3 Å². The van der Waals surface area contributed by atoms with E-state index in [0.717, 1.165) is 22.6 Å². The van der Waals surface area contributed by atoms with E-state index >= 15 is 0 Å². The highest BCUT2D eigenvalue weighted by molar-refractivity contribution is 7.80. The van der Waals surface area contributed by atoms with E-state index in [0.29, 0.717) is 11.2 Å². The van der Waals surface area contributed by atoms with Crippen LogP contribution < -0.4 is 15.5 Å². The molecule has 182 valence electrons. The molecule has 0 radical (unpaired) electrons. The number of ether oxygens (including phenoxy) is 1. The van der Waals surface area contributed by atoms with Gasteiger partial charge in [-0.3, -0.25) is 9.78 Å². The minimum Gasteiger partial charge on any atom is -0.375 e. The minimum absolute atomic E-state index is 0.0211. The molecule has 1 saturated heterocycles. The Morgan fingerprint density at radius 2 is 2.03 bits per heavy atom. The largest absolute Gasteiger partial charge is 0.375 e. The zero-order valence-corrected chi connectivity index (χ0v) is 20.9. The minimum atomic E-state index is -0.177. The molecule has 2 fully saturated rings. The normalized spacial score (nSPS) is 20.3. The molecule has 5 rings (SSSR count). The highest BCUT2D eigenvalue weighted by Gasteiger charge is 2.42. The molecule has 2 atom stereocenters. The Morgan fingerprint density at radius 3 is 2.74 bits per heavy atom. The van der Waals surface area contributed by atoms with Crippen LogP contribution in [-0.2, 0) is 9.53 Å². The van der Waals surface area contributed by atoms with E-state index in [1.54, 1.807) is 0 Å². The first-order valence-electron chi connectivity index (χ1n) is 12.1. The summed E-state index contributed by atoms with van der Waals surface area (Å²) in [5.74, 6) is -0.177. The zero-order chi connectivity index (χ0) is 24.4. The Kier molecular flexibility index (Phi) is 6.83. The molecule has 0 spiro atoms. The SMILES string of the molecule is COCC(=O)Nc1ccc(N2C(=S)N[C@@H](c3ccccn3)[C@H]2c2cccn2C2CCCC2)cc1C. The quantitative estimate of drug-likeness (QED) is 0.452. The molecule has 3 heterocycles. The van der Waals surface area contributed by atoms with Crippen molar-refractivity contribution in [2.45, 2.75) is 50.7 Å². The summed E-state index contributed by atoms with van der Waals surface area (Å²) in [6.45, 7) is 2.01. The van der Waals surface area contributed by atoms with Crippen molar-refractivity contribution in [1.82, 2.24) is 14.9 Å². The summed E-state index contributed by atoms with van der Waals surface area (Å²) in [6.07, 6.45) is 8.99. The molecular weight excluding hydrogens is 458 g/mol. The molecule has 2 aliphatic rings. The van der Waals surface area contributed by atoms with Crippen LogP contribution in [0.15, 0.2) is 60.9 Å². The second-order valence-electron chi connectivity index (χ2n) is 9.26. The number of benzene rings is 1. The Morgan fingerprint density at radius 1 is 1.20 bits per heavy atom. The topological polar surface area (TPSA) is 71.4 Å². The number of aromatic nitrogens is 2. The number of hydrogen-bond donors (Lipinski definition) is 2. The predicted octanol–water partition coefficient (Wildman–Crippen LogP) is 5.07. The van der Waals surface area contributed by atoms with Gasteiger partial charge in [0.1, 0.15) is 12.6 Å². The predicted molar refractivity (Wildman–Crippen MR) is 142 cm³/mol. The monoisotopic (exact) mass is 489 g/mol. The van der Waals surface area contributed by atoms with Crippen molar-refractivity contribution >= 4 is 34.6 Å². The van der Waals surface area contributed by atoms with E-state index in [1.165, 1.54) is 38.5 Å². The van der Waals surface area contributed by atoms with Crippen LogP contribution in [0.25, 0.3) is 0 Å². The van der Waals surface area contributed by atoms with Crippen LogP contribution in [0.4, 0.5) is 11.4 Å². The molecule has 1 saturated carbocycles. The lowest BCUT2D eigenvalue weighted by Gasteiger charge is -2.30. The third kappa shape index (κ3) is 4.68. The summed E-state index contributed by atoms with van der Waals surface area (Å²) >= 11 is 5.90. The molecule has 1 aliphatic carbocycles. The van der Waals surface area contributed by atoms with E-state index in [9.17, 15) is 4.79 Å². The van der Waals surface area contributed by atoms with Crippen molar-refractivity contribution in [1.29, 1.82) is 0 Å². The summed E-state index contributed by atoms with van der Waals surface area (Å²) in [7, 11) is 1.51. The van der Waals surface area contributed by atoms with Crippen LogP contribution in [0.3, 0.4) is 0 Å². The number of carbonyl (C=O) groups is 1. The fourth-order valence-electron chi connectivity index (χ4n) is 5.36. The van der Waals surface area contributed by atoms with E-state index in [-0.39, 0.29) is 24.6 Å². The number of hydrogen-bond acceptors (Lipinski definition) is 4. The molecule has 7 nitrogen and oxygen atoms in total. The van der Waals surface area contributed by atoms with Crippen molar-refractivity contribution in [2.75, 3.05) is 23.9 Å². The lowest BCUT2D eigenvalue weighted by Crippen LogP contribution is -2.31. The van der Waals surface area contributed by atoms with Gasteiger partial charge in [-0.2, -0.15) is 0 Å². The van der Waals surface area contributed by atoms with E-state index in [4.69, 9.17) is 17.0 Å². The summed E-state index contributed by atoms with van der Waals surface area (Å²) in [4.78, 5) is 18.9. The van der Waals surface area contributed by atoms with Crippen LogP contribution in [0.1, 0.15) is 60.8 Å². The molecule has 1 aromatic carbocycles. The van der Waals surface area contributed by atoms with Crippen molar-refractivity contribution in [3.05, 3.63) is 77.9 Å². The third-order valence-electron chi connectivity index (χ3n) is 6.97. The van der Waals surface area contributed by atoms with Gasteiger partial charge in [-0.25, -0.2) is 0 Å². The van der Waals surface area contributed by atoms with E-state index < -0.39 is 0 Å². The number of pyridine rings is 1. The van der Waals surface area contributed by atoms with Gasteiger partial charge in [0.15, 0.2) is 5.11 Å². The molecular formula is C27H31N5O2S. The summed E-state index contributed by atoms with van der Waals surface area (Å²) in [5, 5.41) is 7.13. The maximum Gasteiger partial charge on any atom is 0.250 e. The first-order chi connectivity index (χ1) is 17.1. The van der Waals surface area contributed by atoms with E-state index in [1.807, 2.05) is 37.4 Å². The van der Waals surface area contributed by atoms with Gasteiger partial charge in [-0.1, -0.05) is 18.9 Å². The first-order valence-corrected chi connectivity index (χ1v) is 12.5. The number of nitrogens with zero attached hydrogens (tertiary/aromatic N) is 3. The van der Waals surface area contributed by atoms with Gasteiger partial charge < -0.3 is 24.8 Å². The van der Waals surface area contributed by atoms with Crippen LogP contribution in [0, 0.1) is 6.92 Å². The fraction of sp³-hybridized carbons (Fsp3) is 0.370. The second-order valence-corrected chi connectivity index (χ2v) is 9.64. The smallest absolute Gasteiger partial charge is 0.250 e. The average molecular weight is 490 g/mol. The molecule has 8 heteroatoms. The number of thiocarbonyl (C=S) groups is 1. The summed E-state index contributed by atoms with van der Waals surface area (Å²) in [6, 6.07) is 16.8. The number of methoxy groups -OCH3 is 1. The standard InChI is InChI=1S/C27H31N5O2S/c1-18-16-20(12-13-21(18)29-24(33)17-34-2)32-26(23-11-7-15-31(23)19-8-3-4-9-19)25(30-27(32)35)22-10-5-6-14-28-22/h5-7,10-16,19,25-26H,3-4,8-9,17H2,1-2H3,(H,29,33)(H,30,35)/t25-,26+/m0/s1. The van der Waals surface area contributed by atoms with E-state index in [2.05, 4.69) is 55.5 Å². The molecule has 2 N–H and O–H groups in total. The number of nitrogens with one attached hydrogen (secondary N) is 2. The van der Waals surface area contributed by atoms with Gasteiger partial charge in [0, 0.05) is 42.6 Å². The van der Waals surface area contributed by atoms with Crippen molar-refractivity contribution in [3.8, 4) is 0 Å². The second kappa shape index (κ2) is 10.2. The average Bonchev–Trinajstić information content (AvgIpc) is 3.60. The Balaban J connectivity index is 1.54. The van der Waals surface area contributed by atoms with Crippen molar-refractivity contribution in [3.63, 3.8) is 0 Å². The van der Waals surface area contributed by atoms with Crippen molar-refractivity contribution < 1.29 is 9.53 Å². The first kappa shape index (κ1) is 23.5. The van der Waals surface area contributed by atoms with Crippen LogP contribution in [0.2, 0.25) is 0 Å². The Labute approximate surface area is 211 Å². The molecule has 1 amide bonds. The van der Waals surface area contributed by atoms with Crippen LogP contribution in [0.5, 0.6) is 0 Å². The number of carbonyl (C=O) groups excluding carboxylic acids is 1. The van der Waals surface area contributed by atoms with Gasteiger partial charge in [-0.15, -0.1) is 0 Å². The molecule has 0 bridgehead atoms.